The second kappa shape index (κ2) is 7.71. The van der Waals surface area contributed by atoms with Crippen LogP contribution in [0.25, 0.3) is 10.9 Å². The first-order chi connectivity index (χ1) is 13.8. The van der Waals surface area contributed by atoms with Crippen molar-refractivity contribution in [1.29, 1.82) is 0 Å². The number of aromatic nitrogens is 1. The van der Waals surface area contributed by atoms with E-state index in [4.69, 9.17) is 10.5 Å². The predicted molar refractivity (Wildman–Crippen MR) is 112 cm³/mol. The molecule has 3 heterocycles. The lowest BCUT2D eigenvalue weighted by atomic mass is 10.1. The minimum absolute atomic E-state index is 0.151. The molecule has 2 amide bonds. The van der Waals surface area contributed by atoms with Gasteiger partial charge in [0.1, 0.15) is 23.6 Å². The quantitative estimate of drug-likeness (QED) is 0.837. The maximum atomic E-state index is 12.9. The molecule has 0 saturated carbocycles. The van der Waals surface area contributed by atoms with Crippen LogP contribution in [0.15, 0.2) is 24.3 Å². The van der Waals surface area contributed by atoms with E-state index in [1.54, 1.807) is 11.8 Å². The maximum absolute atomic E-state index is 12.9. The minimum atomic E-state index is -0.607. The standard InChI is InChI=1S/C22H30N4O3/c1-14(2)24-8-6-17(7-9-24)29-18-4-5-19-16(12-18)13-20-22(28)25(10-11-26(19)20)15(3)21(23)27/h4-5,12-15,17H,6-11H2,1-3H3,(H2,23,27). The number of piperidine rings is 1. The van der Waals surface area contributed by atoms with Crippen molar-refractivity contribution in [3.63, 3.8) is 0 Å². The zero-order chi connectivity index (χ0) is 20.7. The molecule has 1 aromatic carbocycles. The Labute approximate surface area is 171 Å². The molecule has 1 atom stereocenters. The number of primary amides is 1. The van der Waals surface area contributed by atoms with Gasteiger partial charge in [-0.2, -0.15) is 0 Å². The highest BCUT2D eigenvalue weighted by atomic mass is 16.5. The number of hydrogen-bond donors (Lipinski definition) is 1. The summed E-state index contributed by atoms with van der Waals surface area (Å²) in [6, 6.07) is 7.90. The van der Waals surface area contributed by atoms with Gasteiger partial charge in [0.2, 0.25) is 5.91 Å². The molecule has 2 aliphatic rings. The maximum Gasteiger partial charge on any atom is 0.271 e. The summed E-state index contributed by atoms with van der Waals surface area (Å²) >= 11 is 0. The van der Waals surface area contributed by atoms with Crippen molar-refractivity contribution < 1.29 is 14.3 Å². The molecule has 1 saturated heterocycles. The Morgan fingerprint density at radius 2 is 1.83 bits per heavy atom. The number of hydrogen-bond acceptors (Lipinski definition) is 4. The topological polar surface area (TPSA) is 80.8 Å². The highest BCUT2D eigenvalue weighted by Crippen LogP contribution is 2.29. The number of fused-ring (bicyclic) bond motifs is 3. The molecule has 1 aromatic heterocycles. The predicted octanol–water partition coefficient (Wildman–Crippen LogP) is 2.22. The van der Waals surface area contributed by atoms with Gasteiger partial charge in [0.25, 0.3) is 5.91 Å². The fourth-order valence-corrected chi connectivity index (χ4v) is 4.42. The number of carbonyl (C=O) groups excluding carboxylic acids is 2. The Kier molecular flexibility index (Phi) is 5.25. The van der Waals surface area contributed by atoms with Crippen LogP contribution >= 0.6 is 0 Å². The van der Waals surface area contributed by atoms with Gasteiger partial charge in [-0.15, -0.1) is 0 Å². The number of nitrogens with two attached hydrogens (primary N) is 1. The first kappa shape index (κ1) is 19.8. The molecule has 0 bridgehead atoms. The monoisotopic (exact) mass is 398 g/mol. The molecule has 2 aliphatic heterocycles. The van der Waals surface area contributed by atoms with E-state index in [9.17, 15) is 9.59 Å². The number of ether oxygens (including phenoxy) is 1. The first-order valence-corrected chi connectivity index (χ1v) is 10.5. The smallest absolute Gasteiger partial charge is 0.271 e. The van der Waals surface area contributed by atoms with Crippen molar-refractivity contribution in [1.82, 2.24) is 14.4 Å². The van der Waals surface area contributed by atoms with Crippen LogP contribution in [0, 0.1) is 0 Å². The van der Waals surface area contributed by atoms with Crippen LogP contribution in [0.5, 0.6) is 5.75 Å². The molecule has 0 aliphatic carbocycles. The Morgan fingerprint density at radius 1 is 1.10 bits per heavy atom. The van der Waals surface area contributed by atoms with E-state index in [1.165, 1.54) is 0 Å². The lowest BCUT2D eigenvalue weighted by Crippen LogP contribution is -2.50. The average molecular weight is 399 g/mol. The molecule has 0 spiro atoms. The number of rotatable bonds is 5. The lowest BCUT2D eigenvalue weighted by Gasteiger charge is -2.34. The van der Waals surface area contributed by atoms with Crippen LogP contribution in [0.4, 0.5) is 0 Å². The third kappa shape index (κ3) is 3.71. The summed E-state index contributed by atoms with van der Waals surface area (Å²) in [7, 11) is 0. The van der Waals surface area contributed by atoms with Gasteiger partial charge in [-0.25, -0.2) is 0 Å². The molecular weight excluding hydrogens is 368 g/mol. The van der Waals surface area contributed by atoms with Gasteiger partial charge >= 0.3 is 0 Å². The molecule has 1 fully saturated rings. The molecule has 2 N–H and O–H groups in total. The van der Waals surface area contributed by atoms with E-state index >= 15 is 0 Å². The van der Waals surface area contributed by atoms with Crippen molar-refractivity contribution in [2.75, 3.05) is 19.6 Å². The molecule has 156 valence electrons. The lowest BCUT2D eigenvalue weighted by molar-refractivity contribution is -0.122. The first-order valence-electron chi connectivity index (χ1n) is 10.5. The SMILES string of the molecule is CC(C)N1CCC(Oc2ccc3c(c2)cc2n3CCN(C(C)C(N)=O)C2=O)CC1. The summed E-state index contributed by atoms with van der Waals surface area (Å²) in [5.41, 5.74) is 7.01. The molecule has 7 nitrogen and oxygen atoms in total. The summed E-state index contributed by atoms with van der Waals surface area (Å²) in [5, 5.41) is 0.985. The van der Waals surface area contributed by atoms with Gasteiger partial charge in [-0.3, -0.25) is 9.59 Å². The second-order valence-electron chi connectivity index (χ2n) is 8.43. The number of benzene rings is 1. The van der Waals surface area contributed by atoms with Gasteiger partial charge in [0, 0.05) is 43.1 Å². The summed E-state index contributed by atoms with van der Waals surface area (Å²) in [6.07, 6.45) is 2.29. The van der Waals surface area contributed by atoms with Crippen LogP contribution in [0.1, 0.15) is 44.1 Å². The van der Waals surface area contributed by atoms with Crippen LogP contribution < -0.4 is 10.5 Å². The average Bonchev–Trinajstić information content (AvgIpc) is 3.07. The molecular formula is C22H30N4O3. The minimum Gasteiger partial charge on any atom is -0.490 e. The second-order valence-corrected chi connectivity index (χ2v) is 8.43. The van der Waals surface area contributed by atoms with E-state index in [1.807, 2.05) is 28.8 Å². The number of carbonyl (C=O) groups is 2. The summed E-state index contributed by atoms with van der Waals surface area (Å²) in [4.78, 5) is 28.4. The van der Waals surface area contributed by atoms with Crippen LogP contribution in [-0.2, 0) is 11.3 Å². The van der Waals surface area contributed by atoms with Gasteiger partial charge < -0.3 is 24.8 Å². The van der Waals surface area contributed by atoms with E-state index in [0.717, 1.165) is 42.6 Å². The summed E-state index contributed by atoms with van der Waals surface area (Å²) < 4.78 is 8.27. The fraction of sp³-hybridized carbons (Fsp3) is 0.545. The van der Waals surface area contributed by atoms with Crippen LogP contribution in [-0.4, -0.2) is 64.0 Å². The zero-order valence-electron chi connectivity index (χ0n) is 17.4. The van der Waals surface area contributed by atoms with Gasteiger partial charge in [-0.05, 0) is 57.9 Å². The van der Waals surface area contributed by atoms with E-state index in [0.29, 0.717) is 24.8 Å². The highest BCUT2D eigenvalue weighted by Gasteiger charge is 2.31. The van der Waals surface area contributed by atoms with E-state index in [2.05, 4.69) is 18.7 Å². The van der Waals surface area contributed by atoms with Crippen molar-refractivity contribution >= 4 is 22.7 Å². The summed E-state index contributed by atoms with van der Waals surface area (Å²) in [5.74, 6) is 0.211. The molecule has 29 heavy (non-hydrogen) atoms. The number of nitrogens with zero attached hydrogens (tertiary/aromatic N) is 3. The molecule has 4 rings (SSSR count). The van der Waals surface area contributed by atoms with Crippen LogP contribution in [0.3, 0.4) is 0 Å². The fourth-order valence-electron chi connectivity index (χ4n) is 4.42. The van der Waals surface area contributed by atoms with E-state index in [-0.39, 0.29) is 12.0 Å². The largest absolute Gasteiger partial charge is 0.490 e. The van der Waals surface area contributed by atoms with E-state index < -0.39 is 11.9 Å². The number of amides is 2. The molecule has 7 heteroatoms. The Morgan fingerprint density at radius 3 is 2.48 bits per heavy atom. The van der Waals surface area contributed by atoms with Gasteiger partial charge in [0.15, 0.2) is 0 Å². The molecule has 2 aromatic rings. The van der Waals surface area contributed by atoms with Crippen molar-refractivity contribution in [3.8, 4) is 5.75 Å². The Bertz CT molecular complexity index is 928. The number of likely N-dealkylation sites (tertiary alicyclic amines) is 1. The van der Waals surface area contributed by atoms with Crippen molar-refractivity contribution in [3.05, 3.63) is 30.0 Å². The third-order valence-electron chi connectivity index (χ3n) is 6.31. The third-order valence-corrected chi connectivity index (χ3v) is 6.31. The van der Waals surface area contributed by atoms with Crippen molar-refractivity contribution in [2.24, 2.45) is 5.73 Å². The highest BCUT2D eigenvalue weighted by molar-refractivity contribution is 6.01. The molecule has 0 radical (unpaired) electrons. The normalized spacial score (nSPS) is 19.6. The summed E-state index contributed by atoms with van der Waals surface area (Å²) in [6.45, 7) is 9.39. The molecule has 1 unspecified atom stereocenters. The van der Waals surface area contributed by atoms with Crippen LogP contribution in [0.2, 0.25) is 0 Å². The van der Waals surface area contributed by atoms with Crippen molar-refractivity contribution in [2.45, 2.75) is 58.3 Å². The van der Waals surface area contributed by atoms with Gasteiger partial charge in [0.05, 0.1) is 0 Å². The zero-order valence-corrected chi connectivity index (χ0v) is 17.4. The Hall–Kier alpha value is -2.54. The Balaban J connectivity index is 1.52. The van der Waals surface area contributed by atoms with Gasteiger partial charge in [-0.1, -0.05) is 0 Å².